The molecular formula is C22H21N3O4. The minimum Gasteiger partial charge on any atom is -0.306 e. The van der Waals surface area contributed by atoms with Crippen LogP contribution in [0.5, 0.6) is 0 Å². The van der Waals surface area contributed by atoms with Crippen LogP contribution in [0.1, 0.15) is 24.2 Å². The molecule has 0 aliphatic rings. The average Bonchev–Trinajstić information content (AvgIpc) is 2.72. The van der Waals surface area contributed by atoms with E-state index in [1.54, 1.807) is 18.7 Å². The molecule has 0 aliphatic heterocycles. The molecule has 0 N–H and O–H groups in total. The first-order chi connectivity index (χ1) is 13.9. The van der Waals surface area contributed by atoms with Gasteiger partial charge in [-0.1, -0.05) is 48.5 Å². The van der Waals surface area contributed by atoms with Crippen LogP contribution in [-0.2, 0) is 11.3 Å². The maximum absolute atomic E-state index is 13.4. The number of benzene rings is 2. The number of nitro groups is 1. The second kappa shape index (κ2) is 8.52. The summed E-state index contributed by atoms with van der Waals surface area (Å²) in [4.78, 5) is 38.1. The van der Waals surface area contributed by atoms with Crippen molar-refractivity contribution < 1.29 is 9.72 Å². The van der Waals surface area contributed by atoms with E-state index >= 15 is 0 Å². The van der Waals surface area contributed by atoms with E-state index < -0.39 is 22.2 Å². The van der Waals surface area contributed by atoms with E-state index in [-0.39, 0.29) is 5.91 Å². The smallest absolute Gasteiger partial charge is 0.306 e. The first kappa shape index (κ1) is 20.0. The van der Waals surface area contributed by atoms with E-state index in [2.05, 4.69) is 0 Å². The van der Waals surface area contributed by atoms with Gasteiger partial charge in [-0.05, 0) is 37.6 Å². The van der Waals surface area contributed by atoms with Crippen molar-refractivity contribution in [3.8, 4) is 0 Å². The van der Waals surface area contributed by atoms with Gasteiger partial charge < -0.3 is 4.90 Å². The molecular weight excluding hydrogens is 370 g/mol. The van der Waals surface area contributed by atoms with Crippen molar-refractivity contribution in [2.24, 2.45) is 0 Å². The lowest BCUT2D eigenvalue weighted by Gasteiger charge is -2.27. The van der Waals surface area contributed by atoms with E-state index in [4.69, 9.17) is 0 Å². The van der Waals surface area contributed by atoms with E-state index in [1.165, 1.54) is 16.7 Å². The summed E-state index contributed by atoms with van der Waals surface area (Å²) in [5, 5.41) is 11.2. The standard InChI is InChI=1S/C22H21N3O4/c1-16-13-14-20(25(28)29)22(27)24(16)17(2)21(26)23(19-11-7-4-8-12-19)15-18-9-5-3-6-10-18/h3-14,17H,15H2,1-2H3. The van der Waals surface area contributed by atoms with Crippen LogP contribution in [0.3, 0.4) is 0 Å². The van der Waals surface area contributed by atoms with Crippen molar-refractivity contribution in [2.75, 3.05) is 4.90 Å². The van der Waals surface area contributed by atoms with Crippen molar-refractivity contribution in [3.05, 3.63) is 105 Å². The van der Waals surface area contributed by atoms with Gasteiger partial charge >= 0.3 is 11.2 Å². The van der Waals surface area contributed by atoms with Gasteiger partial charge in [0.2, 0.25) is 5.91 Å². The molecule has 29 heavy (non-hydrogen) atoms. The van der Waals surface area contributed by atoms with Gasteiger partial charge in [0.05, 0.1) is 11.5 Å². The maximum Gasteiger partial charge on any atom is 0.334 e. The Balaban J connectivity index is 2.03. The Morgan fingerprint density at radius 2 is 1.62 bits per heavy atom. The maximum atomic E-state index is 13.4. The number of carbonyl (C=O) groups is 1. The third-order valence-electron chi connectivity index (χ3n) is 4.76. The van der Waals surface area contributed by atoms with Crippen molar-refractivity contribution in [3.63, 3.8) is 0 Å². The summed E-state index contributed by atoms with van der Waals surface area (Å²) < 4.78 is 1.18. The minimum absolute atomic E-state index is 0.316. The van der Waals surface area contributed by atoms with Gasteiger partial charge in [-0.3, -0.25) is 24.3 Å². The van der Waals surface area contributed by atoms with Crippen LogP contribution in [-0.4, -0.2) is 15.4 Å². The number of pyridine rings is 1. The fraction of sp³-hybridized carbons (Fsp3) is 0.182. The molecule has 7 nitrogen and oxygen atoms in total. The zero-order valence-corrected chi connectivity index (χ0v) is 16.2. The van der Waals surface area contributed by atoms with Gasteiger partial charge in [-0.25, -0.2) is 0 Å². The predicted molar refractivity (Wildman–Crippen MR) is 111 cm³/mol. The minimum atomic E-state index is -0.911. The quantitative estimate of drug-likeness (QED) is 0.472. The Hall–Kier alpha value is -3.74. The van der Waals surface area contributed by atoms with Crippen molar-refractivity contribution in [1.82, 2.24) is 4.57 Å². The number of hydrogen-bond donors (Lipinski definition) is 0. The normalized spacial score (nSPS) is 11.7. The molecule has 0 aliphatic carbocycles. The van der Waals surface area contributed by atoms with Crippen LogP contribution in [0.25, 0.3) is 0 Å². The third-order valence-corrected chi connectivity index (χ3v) is 4.76. The van der Waals surface area contributed by atoms with Gasteiger partial charge in [0.25, 0.3) is 0 Å². The van der Waals surface area contributed by atoms with Crippen molar-refractivity contribution >= 4 is 17.3 Å². The van der Waals surface area contributed by atoms with E-state index in [0.29, 0.717) is 17.9 Å². The number of nitrogens with zero attached hydrogens (tertiary/aromatic N) is 3. The topological polar surface area (TPSA) is 85.5 Å². The summed E-state index contributed by atoms with van der Waals surface area (Å²) in [5.41, 5.74) is 0.756. The molecule has 0 spiro atoms. The number of para-hydroxylation sites is 1. The highest BCUT2D eigenvalue weighted by atomic mass is 16.6. The highest BCUT2D eigenvalue weighted by Crippen LogP contribution is 2.22. The lowest BCUT2D eigenvalue weighted by molar-refractivity contribution is -0.386. The Labute approximate surface area is 168 Å². The monoisotopic (exact) mass is 391 g/mol. The van der Waals surface area contributed by atoms with Crippen LogP contribution >= 0.6 is 0 Å². The molecule has 0 saturated heterocycles. The number of rotatable bonds is 6. The first-order valence-electron chi connectivity index (χ1n) is 9.17. The summed E-state index contributed by atoms with van der Waals surface area (Å²) in [7, 11) is 0. The van der Waals surface area contributed by atoms with Crippen LogP contribution in [0.15, 0.2) is 77.6 Å². The summed E-state index contributed by atoms with van der Waals surface area (Å²) in [5.74, 6) is -0.328. The fourth-order valence-corrected chi connectivity index (χ4v) is 3.26. The Morgan fingerprint density at radius 3 is 2.21 bits per heavy atom. The molecule has 3 rings (SSSR count). The van der Waals surface area contributed by atoms with Crippen LogP contribution in [0.2, 0.25) is 0 Å². The molecule has 1 amide bonds. The second-order valence-electron chi connectivity index (χ2n) is 6.71. The van der Waals surface area contributed by atoms with Gasteiger partial charge in [-0.15, -0.1) is 0 Å². The van der Waals surface area contributed by atoms with E-state index in [9.17, 15) is 19.7 Å². The molecule has 0 fully saturated rings. The van der Waals surface area contributed by atoms with Crippen LogP contribution in [0.4, 0.5) is 11.4 Å². The SMILES string of the molecule is Cc1ccc([N+](=O)[O-])c(=O)n1C(C)C(=O)N(Cc1ccccc1)c1ccccc1. The molecule has 1 heterocycles. The summed E-state index contributed by atoms with van der Waals surface area (Å²) >= 11 is 0. The number of aromatic nitrogens is 1. The van der Waals surface area contributed by atoms with Crippen molar-refractivity contribution in [2.45, 2.75) is 26.4 Å². The fourth-order valence-electron chi connectivity index (χ4n) is 3.26. The van der Waals surface area contributed by atoms with Crippen LogP contribution in [0, 0.1) is 17.0 Å². The Morgan fingerprint density at radius 1 is 1.03 bits per heavy atom. The Kier molecular flexibility index (Phi) is 5.87. The molecule has 1 aromatic heterocycles. The molecule has 3 aromatic rings. The Bertz CT molecular complexity index is 1080. The molecule has 0 saturated carbocycles. The van der Waals surface area contributed by atoms with E-state index in [1.807, 2.05) is 60.7 Å². The van der Waals surface area contributed by atoms with Gasteiger partial charge in [0.1, 0.15) is 6.04 Å². The lowest BCUT2D eigenvalue weighted by Crippen LogP contribution is -2.40. The first-order valence-corrected chi connectivity index (χ1v) is 9.17. The average molecular weight is 391 g/mol. The predicted octanol–water partition coefficient (Wildman–Crippen LogP) is 3.86. The summed E-state index contributed by atoms with van der Waals surface area (Å²) in [6.45, 7) is 3.55. The molecule has 1 unspecified atom stereocenters. The molecule has 1 atom stereocenters. The van der Waals surface area contributed by atoms with Gasteiger partial charge in [-0.2, -0.15) is 0 Å². The number of aryl methyl sites for hydroxylation is 1. The van der Waals surface area contributed by atoms with Gasteiger partial charge in [0.15, 0.2) is 0 Å². The summed E-state index contributed by atoms with van der Waals surface area (Å²) in [6.07, 6.45) is 0. The van der Waals surface area contributed by atoms with Crippen molar-refractivity contribution in [1.29, 1.82) is 0 Å². The molecule has 148 valence electrons. The molecule has 2 aromatic carbocycles. The number of anilines is 1. The highest BCUT2D eigenvalue weighted by Gasteiger charge is 2.27. The van der Waals surface area contributed by atoms with E-state index in [0.717, 1.165) is 5.56 Å². The highest BCUT2D eigenvalue weighted by molar-refractivity contribution is 5.95. The zero-order chi connectivity index (χ0) is 21.0. The summed E-state index contributed by atoms with van der Waals surface area (Å²) in [6, 6.07) is 20.4. The zero-order valence-electron chi connectivity index (χ0n) is 16.2. The number of carbonyl (C=O) groups excluding carboxylic acids is 1. The second-order valence-corrected chi connectivity index (χ2v) is 6.71. The molecule has 7 heteroatoms. The lowest BCUT2D eigenvalue weighted by atomic mass is 10.1. The number of amides is 1. The third kappa shape index (κ3) is 4.24. The van der Waals surface area contributed by atoms with Gasteiger partial charge in [0, 0.05) is 17.4 Å². The molecule has 0 bridgehead atoms. The largest absolute Gasteiger partial charge is 0.334 e. The van der Waals surface area contributed by atoms with Crippen LogP contribution < -0.4 is 10.5 Å². The number of hydrogen-bond acceptors (Lipinski definition) is 4. The molecule has 0 radical (unpaired) electrons.